The third-order valence-electron chi connectivity index (χ3n) is 2.26. The van der Waals surface area contributed by atoms with Crippen LogP contribution in [0, 0.1) is 10.6 Å². The molecule has 13 heavy (non-hydrogen) atoms. The number of aromatic nitrogens is 2. The number of rotatable bonds is 3. The molecule has 70 valence electrons. The minimum atomic E-state index is 0.0999. The zero-order chi connectivity index (χ0) is 9.26. The highest BCUT2D eigenvalue weighted by Crippen LogP contribution is 2.41. The second-order valence-corrected chi connectivity index (χ2v) is 3.75. The predicted molar refractivity (Wildman–Crippen MR) is 51.9 cm³/mol. The summed E-state index contributed by atoms with van der Waals surface area (Å²) in [6.07, 6.45) is 4.29. The van der Waals surface area contributed by atoms with E-state index in [2.05, 4.69) is 9.97 Å². The number of hydrogen-bond acceptors (Lipinski definition) is 3. The summed E-state index contributed by atoms with van der Waals surface area (Å²) in [4.78, 5) is 7.28. The normalized spacial score (nSPS) is 18.5. The van der Waals surface area contributed by atoms with Gasteiger partial charge in [0.15, 0.2) is 0 Å². The van der Waals surface area contributed by atoms with Crippen LogP contribution in [0.4, 0.5) is 0 Å². The van der Waals surface area contributed by atoms with Crippen molar-refractivity contribution >= 4 is 12.2 Å². The van der Waals surface area contributed by atoms with E-state index in [9.17, 15) is 0 Å². The first-order valence-corrected chi connectivity index (χ1v) is 4.80. The van der Waals surface area contributed by atoms with Gasteiger partial charge < -0.3 is 9.72 Å². The van der Waals surface area contributed by atoms with Crippen molar-refractivity contribution in [2.24, 2.45) is 5.92 Å². The van der Waals surface area contributed by atoms with Gasteiger partial charge in [0.1, 0.15) is 16.6 Å². The monoisotopic (exact) mass is 196 g/mol. The number of nitrogens with zero attached hydrogens (tertiary/aromatic N) is 1. The third kappa shape index (κ3) is 1.95. The molecule has 3 nitrogen and oxygen atoms in total. The van der Waals surface area contributed by atoms with Crippen molar-refractivity contribution in [1.82, 2.24) is 9.97 Å². The first-order valence-electron chi connectivity index (χ1n) is 4.39. The number of nitrogens with one attached hydrogen (secondary N) is 1. The predicted octanol–water partition coefficient (Wildman–Crippen LogP) is 2.24. The van der Waals surface area contributed by atoms with E-state index < -0.39 is 0 Å². The van der Waals surface area contributed by atoms with Gasteiger partial charge in [-0.25, -0.2) is 4.98 Å². The molecule has 0 radical (unpaired) electrons. The van der Waals surface area contributed by atoms with Crippen molar-refractivity contribution in [3.8, 4) is 0 Å². The molecule has 1 atom stereocenters. The van der Waals surface area contributed by atoms with Crippen molar-refractivity contribution < 1.29 is 4.74 Å². The summed E-state index contributed by atoms with van der Waals surface area (Å²) in [6, 6.07) is 1.78. The maximum Gasteiger partial charge on any atom is 0.136 e. The van der Waals surface area contributed by atoms with Crippen LogP contribution in [-0.4, -0.2) is 17.1 Å². The minimum absolute atomic E-state index is 0.0999. The number of ether oxygens (including phenoxy) is 1. The highest BCUT2D eigenvalue weighted by molar-refractivity contribution is 7.71. The lowest BCUT2D eigenvalue weighted by Crippen LogP contribution is -2.08. The van der Waals surface area contributed by atoms with E-state index in [1.165, 1.54) is 12.8 Å². The lowest BCUT2D eigenvalue weighted by molar-refractivity contribution is 0.0771. The summed E-state index contributed by atoms with van der Waals surface area (Å²) in [5, 5.41) is 0. The van der Waals surface area contributed by atoms with Crippen LogP contribution in [0.15, 0.2) is 12.3 Å². The Morgan fingerprint density at radius 2 is 2.46 bits per heavy atom. The highest BCUT2D eigenvalue weighted by atomic mass is 32.1. The van der Waals surface area contributed by atoms with Crippen molar-refractivity contribution in [2.45, 2.75) is 18.9 Å². The van der Waals surface area contributed by atoms with Crippen LogP contribution in [0.1, 0.15) is 24.8 Å². The fourth-order valence-corrected chi connectivity index (χ4v) is 1.62. The number of methoxy groups -OCH3 is 1. The molecule has 4 heteroatoms. The van der Waals surface area contributed by atoms with Gasteiger partial charge in [-0.3, -0.25) is 0 Å². The third-order valence-corrected chi connectivity index (χ3v) is 2.50. The molecule has 1 N–H and O–H groups in total. The molecule has 0 amide bonds. The van der Waals surface area contributed by atoms with E-state index in [0.717, 1.165) is 5.82 Å². The molecule has 1 saturated carbocycles. The zero-order valence-corrected chi connectivity index (χ0v) is 8.30. The Bertz CT molecular complexity index is 345. The van der Waals surface area contributed by atoms with E-state index in [-0.39, 0.29) is 6.10 Å². The SMILES string of the molecule is COC(c1nccc(=S)[nH]1)C1CC1. The smallest absolute Gasteiger partial charge is 0.136 e. The van der Waals surface area contributed by atoms with Gasteiger partial charge in [0, 0.05) is 13.3 Å². The van der Waals surface area contributed by atoms with E-state index >= 15 is 0 Å². The molecule has 1 aliphatic rings. The molecule has 0 spiro atoms. The van der Waals surface area contributed by atoms with Crippen molar-refractivity contribution in [3.05, 3.63) is 22.7 Å². The number of hydrogen-bond donors (Lipinski definition) is 1. The zero-order valence-electron chi connectivity index (χ0n) is 7.49. The van der Waals surface area contributed by atoms with E-state index in [1.807, 2.05) is 0 Å². The molecule has 0 saturated heterocycles. The Morgan fingerprint density at radius 3 is 3.00 bits per heavy atom. The average molecular weight is 196 g/mol. The fraction of sp³-hybridized carbons (Fsp3) is 0.556. The average Bonchev–Trinajstić information content (AvgIpc) is 2.90. The molecular formula is C9H12N2OS. The summed E-state index contributed by atoms with van der Waals surface area (Å²) in [6.45, 7) is 0. The Labute approximate surface area is 82.2 Å². The van der Waals surface area contributed by atoms with Crippen LogP contribution >= 0.6 is 12.2 Å². The molecule has 1 aromatic heterocycles. The van der Waals surface area contributed by atoms with Crippen molar-refractivity contribution in [3.63, 3.8) is 0 Å². The molecule has 1 heterocycles. The van der Waals surface area contributed by atoms with Gasteiger partial charge >= 0.3 is 0 Å². The quantitative estimate of drug-likeness (QED) is 0.753. The van der Waals surface area contributed by atoms with Gasteiger partial charge in [-0.1, -0.05) is 12.2 Å². The number of aromatic amines is 1. The summed E-state index contributed by atoms with van der Waals surface area (Å²) in [7, 11) is 1.72. The lowest BCUT2D eigenvalue weighted by atomic mass is 10.2. The fourth-order valence-electron chi connectivity index (χ4n) is 1.46. The molecule has 0 aliphatic heterocycles. The maximum absolute atomic E-state index is 5.38. The van der Waals surface area contributed by atoms with Crippen molar-refractivity contribution in [2.75, 3.05) is 7.11 Å². The molecular weight excluding hydrogens is 184 g/mol. The Kier molecular flexibility index (Phi) is 2.42. The molecule has 1 unspecified atom stereocenters. The first-order chi connectivity index (χ1) is 6.31. The van der Waals surface area contributed by atoms with Gasteiger partial charge in [0.05, 0.1) is 0 Å². The van der Waals surface area contributed by atoms with Crippen LogP contribution in [-0.2, 0) is 4.74 Å². The molecule has 2 rings (SSSR count). The Morgan fingerprint density at radius 1 is 1.69 bits per heavy atom. The van der Waals surface area contributed by atoms with Gasteiger partial charge in [0.2, 0.25) is 0 Å². The molecule has 1 aliphatic carbocycles. The summed E-state index contributed by atoms with van der Waals surface area (Å²) >= 11 is 5.02. The van der Waals surface area contributed by atoms with E-state index in [1.54, 1.807) is 19.4 Å². The maximum atomic E-state index is 5.38. The molecule has 1 aromatic rings. The summed E-state index contributed by atoms with van der Waals surface area (Å²) in [5.41, 5.74) is 0. The van der Waals surface area contributed by atoms with Crippen LogP contribution in [0.5, 0.6) is 0 Å². The van der Waals surface area contributed by atoms with Gasteiger partial charge in [-0.05, 0) is 24.8 Å². The molecule has 1 fully saturated rings. The summed E-state index contributed by atoms with van der Waals surface area (Å²) < 4.78 is 6.09. The Balaban J connectivity index is 2.26. The topological polar surface area (TPSA) is 37.9 Å². The molecule has 0 bridgehead atoms. The van der Waals surface area contributed by atoms with Gasteiger partial charge in [-0.15, -0.1) is 0 Å². The van der Waals surface area contributed by atoms with Crippen LogP contribution in [0.2, 0.25) is 0 Å². The van der Waals surface area contributed by atoms with Crippen LogP contribution < -0.4 is 0 Å². The standard InChI is InChI=1S/C9H12N2OS/c1-12-8(6-2-3-6)9-10-5-4-7(13)11-9/h4-6,8H,2-3H2,1H3,(H,10,11,13). The summed E-state index contributed by atoms with van der Waals surface area (Å²) in [5.74, 6) is 1.49. The first kappa shape index (κ1) is 8.84. The second kappa shape index (κ2) is 3.55. The highest BCUT2D eigenvalue weighted by Gasteiger charge is 2.33. The number of H-pyrrole nitrogens is 1. The van der Waals surface area contributed by atoms with Gasteiger partial charge in [-0.2, -0.15) is 0 Å². The van der Waals surface area contributed by atoms with Gasteiger partial charge in [0.25, 0.3) is 0 Å². The van der Waals surface area contributed by atoms with Crippen molar-refractivity contribution in [1.29, 1.82) is 0 Å². The van der Waals surface area contributed by atoms with E-state index in [4.69, 9.17) is 17.0 Å². The lowest BCUT2D eigenvalue weighted by Gasteiger charge is -2.12. The largest absolute Gasteiger partial charge is 0.373 e. The molecule has 0 aromatic carbocycles. The van der Waals surface area contributed by atoms with E-state index in [0.29, 0.717) is 10.6 Å². The Hall–Kier alpha value is -0.740. The minimum Gasteiger partial charge on any atom is -0.373 e. The van der Waals surface area contributed by atoms with Crippen LogP contribution in [0.25, 0.3) is 0 Å². The second-order valence-electron chi connectivity index (χ2n) is 3.31. The van der Waals surface area contributed by atoms with Crippen LogP contribution in [0.3, 0.4) is 0 Å².